The van der Waals surface area contributed by atoms with E-state index in [0.717, 1.165) is 21.6 Å². The normalized spacial score (nSPS) is 12.4. The van der Waals surface area contributed by atoms with E-state index in [9.17, 15) is 0 Å². The molecule has 0 aliphatic heterocycles. The fourth-order valence-corrected chi connectivity index (χ4v) is 4.64. The average molecular weight is 470 g/mol. The minimum Gasteiger partial charge on any atom is -0.443 e. The Morgan fingerprint density at radius 3 is 2.61 bits per heavy atom. The molecule has 141 valence electrons. The number of aromatic nitrogens is 4. The SMILES string of the molecule is [Cu+2].c1cc/c(=N/c2nc(-c3cs/c(=N/c4nc5ccccc5s4)[n-]3)cs2)[n-]c1. The number of rotatable bonds is 3. The van der Waals surface area contributed by atoms with Gasteiger partial charge in [-0.25, -0.2) is 9.97 Å². The topological polar surface area (TPSA) is 78.7 Å². The first kappa shape index (κ1) is 19.0. The maximum absolute atomic E-state index is 4.57. The Hall–Kier alpha value is -2.36. The van der Waals surface area contributed by atoms with Crippen molar-refractivity contribution in [2.75, 3.05) is 0 Å². The van der Waals surface area contributed by atoms with E-state index in [-0.39, 0.29) is 17.1 Å². The summed E-state index contributed by atoms with van der Waals surface area (Å²) in [5.41, 5.74) is 3.18. The average Bonchev–Trinajstić information content (AvgIpc) is 3.42. The van der Waals surface area contributed by atoms with Crippen LogP contribution in [0.2, 0.25) is 0 Å². The fourth-order valence-electron chi connectivity index (χ4n) is 2.37. The number of hydrogen-bond acceptors (Lipinski definition) is 7. The van der Waals surface area contributed by atoms with Gasteiger partial charge in [0, 0.05) is 10.2 Å². The van der Waals surface area contributed by atoms with Gasteiger partial charge in [0.2, 0.25) is 0 Å². The second kappa shape index (κ2) is 8.34. The summed E-state index contributed by atoms with van der Waals surface area (Å²) < 4.78 is 1.12. The molecule has 0 aliphatic rings. The molecule has 0 N–H and O–H groups in total. The molecule has 0 saturated heterocycles. The smallest absolute Gasteiger partial charge is 0.443 e. The Labute approximate surface area is 181 Å². The number of fused-ring (bicyclic) bond motifs is 1. The molecular formula is C18H10CuN6S3. The van der Waals surface area contributed by atoms with Crippen molar-refractivity contribution in [1.29, 1.82) is 0 Å². The monoisotopic (exact) mass is 469 g/mol. The van der Waals surface area contributed by atoms with Crippen LogP contribution in [0.3, 0.4) is 0 Å². The number of hydrogen-bond donors (Lipinski definition) is 0. The van der Waals surface area contributed by atoms with E-state index >= 15 is 0 Å². The van der Waals surface area contributed by atoms with Crippen molar-refractivity contribution in [2.45, 2.75) is 0 Å². The second-order valence-electron chi connectivity index (χ2n) is 5.41. The zero-order chi connectivity index (χ0) is 18.1. The molecule has 6 nitrogen and oxygen atoms in total. The van der Waals surface area contributed by atoms with Crippen LogP contribution in [0.4, 0.5) is 10.3 Å². The molecule has 0 aliphatic carbocycles. The molecule has 0 amide bonds. The number of pyridine rings is 1. The summed E-state index contributed by atoms with van der Waals surface area (Å²) in [4.78, 5) is 27.5. The first-order valence-corrected chi connectivity index (χ1v) is 10.5. The van der Waals surface area contributed by atoms with Crippen LogP contribution in [0.5, 0.6) is 0 Å². The third-order valence-electron chi connectivity index (χ3n) is 3.58. The predicted octanol–water partition coefficient (Wildman–Crippen LogP) is 3.86. The first-order chi connectivity index (χ1) is 13.3. The number of thiazole rings is 3. The van der Waals surface area contributed by atoms with Gasteiger partial charge in [-0.05, 0) is 23.2 Å². The molecule has 28 heavy (non-hydrogen) atoms. The van der Waals surface area contributed by atoms with Gasteiger partial charge in [-0.3, -0.25) is 0 Å². The van der Waals surface area contributed by atoms with E-state index in [1.807, 2.05) is 53.2 Å². The molecule has 1 aromatic carbocycles. The minimum absolute atomic E-state index is 0. The van der Waals surface area contributed by atoms with Gasteiger partial charge in [0.25, 0.3) is 0 Å². The van der Waals surface area contributed by atoms with Crippen molar-refractivity contribution in [3.8, 4) is 11.4 Å². The summed E-state index contributed by atoms with van der Waals surface area (Å²) in [5, 5.41) is 5.26. The molecule has 4 heterocycles. The summed E-state index contributed by atoms with van der Waals surface area (Å²) in [5.74, 6) is 0. The molecule has 0 bridgehead atoms. The number of para-hydroxylation sites is 1. The van der Waals surface area contributed by atoms with Crippen LogP contribution in [0.15, 0.2) is 69.4 Å². The standard InChI is InChI=1S/C18H10N6S3.Cu/c1-2-6-14-11(5-1)20-18(27-14)24-17-22-13(10-26-17)12-9-25-16(21-12)23-15-7-3-4-8-19-15;/h1-10H;/q-2;+2. The summed E-state index contributed by atoms with van der Waals surface area (Å²) >= 11 is 4.49. The first-order valence-electron chi connectivity index (χ1n) is 7.95. The van der Waals surface area contributed by atoms with Gasteiger partial charge >= 0.3 is 17.1 Å². The van der Waals surface area contributed by atoms with Gasteiger partial charge in [-0.15, -0.1) is 22.7 Å². The summed E-state index contributed by atoms with van der Waals surface area (Å²) in [6, 6.07) is 13.6. The molecule has 0 unspecified atom stereocenters. The second-order valence-corrected chi connectivity index (χ2v) is 8.09. The number of benzene rings is 1. The molecule has 1 radical (unpaired) electrons. The van der Waals surface area contributed by atoms with E-state index < -0.39 is 0 Å². The van der Waals surface area contributed by atoms with Crippen molar-refractivity contribution >= 4 is 54.5 Å². The summed E-state index contributed by atoms with van der Waals surface area (Å²) in [6.07, 6.45) is 1.71. The van der Waals surface area contributed by atoms with Crippen LogP contribution in [-0.2, 0) is 17.1 Å². The molecule has 0 fully saturated rings. The Morgan fingerprint density at radius 2 is 1.75 bits per heavy atom. The van der Waals surface area contributed by atoms with Crippen LogP contribution in [0.1, 0.15) is 0 Å². The molecule has 0 spiro atoms. The van der Waals surface area contributed by atoms with E-state index in [0.29, 0.717) is 20.6 Å². The quantitative estimate of drug-likeness (QED) is 0.376. The van der Waals surface area contributed by atoms with Crippen molar-refractivity contribution < 1.29 is 17.1 Å². The van der Waals surface area contributed by atoms with Crippen LogP contribution in [-0.4, -0.2) is 9.97 Å². The summed E-state index contributed by atoms with van der Waals surface area (Å²) in [6.45, 7) is 0. The number of nitrogens with zero attached hydrogens (tertiary/aromatic N) is 6. The van der Waals surface area contributed by atoms with Gasteiger partial charge in [0.15, 0.2) is 0 Å². The molecular weight excluding hydrogens is 460 g/mol. The van der Waals surface area contributed by atoms with Crippen molar-refractivity contribution in [3.05, 3.63) is 69.7 Å². The third kappa shape index (κ3) is 4.06. The Balaban J connectivity index is 0.00000192. The van der Waals surface area contributed by atoms with Crippen molar-refractivity contribution in [2.24, 2.45) is 9.98 Å². The van der Waals surface area contributed by atoms with Gasteiger partial charge < -0.3 is 20.0 Å². The van der Waals surface area contributed by atoms with E-state index in [1.165, 1.54) is 22.7 Å². The van der Waals surface area contributed by atoms with Gasteiger partial charge in [-0.1, -0.05) is 42.0 Å². The zero-order valence-electron chi connectivity index (χ0n) is 14.0. The Bertz CT molecular complexity index is 1310. The maximum Gasteiger partial charge on any atom is 2.00 e. The molecule has 5 aromatic rings. The van der Waals surface area contributed by atoms with E-state index in [4.69, 9.17) is 0 Å². The molecule has 10 heteroatoms. The van der Waals surface area contributed by atoms with E-state index in [2.05, 4.69) is 29.9 Å². The van der Waals surface area contributed by atoms with Gasteiger partial charge in [0.05, 0.1) is 15.9 Å². The fraction of sp³-hybridized carbons (Fsp3) is 0. The van der Waals surface area contributed by atoms with Crippen LogP contribution in [0, 0.1) is 0 Å². The van der Waals surface area contributed by atoms with Crippen molar-refractivity contribution in [3.63, 3.8) is 0 Å². The van der Waals surface area contributed by atoms with Gasteiger partial charge in [-0.2, -0.15) is 11.3 Å². The maximum atomic E-state index is 4.57. The molecule has 4 aromatic heterocycles. The molecule has 0 atom stereocenters. The Morgan fingerprint density at radius 1 is 0.857 bits per heavy atom. The summed E-state index contributed by atoms with van der Waals surface area (Å²) in [7, 11) is 0. The van der Waals surface area contributed by atoms with Crippen LogP contribution < -0.4 is 20.3 Å². The molecule has 5 rings (SSSR count). The van der Waals surface area contributed by atoms with Crippen LogP contribution >= 0.6 is 34.0 Å². The van der Waals surface area contributed by atoms with Crippen LogP contribution in [0.25, 0.3) is 21.6 Å². The third-order valence-corrected chi connectivity index (χ3v) is 5.98. The van der Waals surface area contributed by atoms with E-state index in [1.54, 1.807) is 17.5 Å². The largest absolute Gasteiger partial charge is 2.00 e. The van der Waals surface area contributed by atoms with Gasteiger partial charge in [0.1, 0.15) is 10.3 Å². The minimum atomic E-state index is 0. The Kier molecular flexibility index (Phi) is 5.65. The predicted molar refractivity (Wildman–Crippen MR) is 109 cm³/mol. The zero-order valence-corrected chi connectivity index (χ0v) is 17.4. The molecule has 0 saturated carbocycles. The van der Waals surface area contributed by atoms with Crippen molar-refractivity contribution in [1.82, 2.24) is 19.9 Å².